The zero-order valence-corrected chi connectivity index (χ0v) is 7.77. The summed E-state index contributed by atoms with van der Waals surface area (Å²) in [5, 5.41) is 0.149. The number of Topliss-reactive ketones (excluding diaryl/α,β-unsaturated/α-hetero) is 2. The number of hydrogen-bond donors (Lipinski definition) is 0. The Morgan fingerprint density at radius 1 is 1.50 bits per heavy atom. The molecular formula is C7H11BrO2. The number of rotatable bonds is 4. The SMILES string of the molecule is CCC(C)C(=O)C(=O)CBr. The molecule has 0 heterocycles. The fourth-order valence-electron chi connectivity index (χ4n) is 0.526. The van der Waals surface area contributed by atoms with E-state index in [2.05, 4.69) is 15.9 Å². The predicted octanol–water partition coefficient (Wildman–Crippen LogP) is 1.57. The van der Waals surface area contributed by atoms with Gasteiger partial charge in [-0.05, 0) is 6.42 Å². The highest BCUT2D eigenvalue weighted by Crippen LogP contribution is 2.03. The minimum Gasteiger partial charge on any atom is -0.291 e. The van der Waals surface area contributed by atoms with Crippen LogP contribution >= 0.6 is 15.9 Å². The Kier molecular flexibility index (Phi) is 4.52. The first kappa shape index (κ1) is 9.82. The molecule has 0 saturated heterocycles. The molecule has 0 bridgehead atoms. The molecule has 0 fully saturated rings. The van der Waals surface area contributed by atoms with Crippen molar-refractivity contribution in [1.29, 1.82) is 0 Å². The summed E-state index contributed by atoms with van der Waals surface area (Å²) < 4.78 is 0. The maximum absolute atomic E-state index is 10.9. The molecule has 0 aromatic heterocycles. The summed E-state index contributed by atoms with van der Waals surface area (Å²) in [5.41, 5.74) is 0. The highest BCUT2D eigenvalue weighted by molar-refractivity contribution is 9.09. The molecule has 0 aliphatic heterocycles. The highest BCUT2D eigenvalue weighted by Gasteiger charge is 2.17. The lowest BCUT2D eigenvalue weighted by molar-refractivity contribution is -0.137. The first-order valence-corrected chi connectivity index (χ1v) is 4.38. The maximum atomic E-state index is 10.9. The van der Waals surface area contributed by atoms with E-state index in [1.54, 1.807) is 6.92 Å². The van der Waals surface area contributed by atoms with Crippen molar-refractivity contribution in [3.05, 3.63) is 0 Å². The molecule has 0 amide bonds. The molecule has 1 unspecified atom stereocenters. The number of carbonyl (C=O) groups excluding carboxylic acids is 2. The van der Waals surface area contributed by atoms with Crippen molar-refractivity contribution < 1.29 is 9.59 Å². The summed E-state index contributed by atoms with van der Waals surface area (Å²) in [5.74, 6) is -0.709. The first-order chi connectivity index (χ1) is 4.63. The van der Waals surface area contributed by atoms with E-state index in [1.165, 1.54) is 0 Å². The van der Waals surface area contributed by atoms with Gasteiger partial charge in [0.05, 0.1) is 5.33 Å². The quantitative estimate of drug-likeness (QED) is 0.517. The lowest BCUT2D eigenvalue weighted by Gasteiger charge is -2.02. The standard InChI is InChI=1S/C7H11BrO2/c1-3-5(2)7(10)6(9)4-8/h5H,3-4H2,1-2H3. The molecule has 3 heteroatoms. The van der Waals surface area contributed by atoms with Crippen LogP contribution in [0.4, 0.5) is 0 Å². The van der Waals surface area contributed by atoms with Crippen LogP contribution in [0.3, 0.4) is 0 Å². The molecule has 0 saturated carbocycles. The third-order valence-electron chi connectivity index (χ3n) is 1.46. The highest BCUT2D eigenvalue weighted by atomic mass is 79.9. The van der Waals surface area contributed by atoms with E-state index < -0.39 is 0 Å². The largest absolute Gasteiger partial charge is 0.291 e. The molecule has 0 N–H and O–H groups in total. The van der Waals surface area contributed by atoms with E-state index in [-0.39, 0.29) is 22.8 Å². The number of hydrogen-bond acceptors (Lipinski definition) is 2. The van der Waals surface area contributed by atoms with Gasteiger partial charge in [0.15, 0.2) is 0 Å². The zero-order valence-electron chi connectivity index (χ0n) is 6.19. The Hall–Kier alpha value is -0.180. The summed E-state index contributed by atoms with van der Waals surface area (Å²) in [6, 6.07) is 0. The van der Waals surface area contributed by atoms with E-state index in [0.717, 1.165) is 6.42 Å². The Labute approximate surface area is 69.1 Å². The number of halogens is 1. The van der Waals surface area contributed by atoms with E-state index in [4.69, 9.17) is 0 Å². The smallest absolute Gasteiger partial charge is 0.209 e. The molecule has 0 rings (SSSR count). The van der Waals surface area contributed by atoms with Crippen molar-refractivity contribution >= 4 is 27.5 Å². The second-order valence-electron chi connectivity index (χ2n) is 2.23. The van der Waals surface area contributed by atoms with Gasteiger partial charge in [0.1, 0.15) is 0 Å². The maximum Gasteiger partial charge on any atom is 0.209 e. The molecule has 0 aliphatic rings. The lowest BCUT2D eigenvalue weighted by atomic mass is 10.0. The lowest BCUT2D eigenvalue weighted by Crippen LogP contribution is -2.21. The number of ketones is 2. The molecule has 0 aliphatic carbocycles. The Morgan fingerprint density at radius 3 is 2.30 bits per heavy atom. The van der Waals surface area contributed by atoms with Crippen LogP contribution in [-0.2, 0) is 9.59 Å². The molecule has 0 radical (unpaired) electrons. The van der Waals surface area contributed by atoms with Gasteiger partial charge in [-0.1, -0.05) is 29.8 Å². The van der Waals surface area contributed by atoms with Gasteiger partial charge in [0.2, 0.25) is 11.6 Å². The van der Waals surface area contributed by atoms with Crippen molar-refractivity contribution in [1.82, 2.24) is 0 Å². The van der Waals surface area contributed by atoms with Crippen LogP contribution in [0.25, 0.3) is 0 Å². The molecule has 2 nitrogen and oxygen atoms in total. The summed E-state index contributed by atoms with van der Waals surface area (Å²) >= 11 is 2.94. The fourth-order valence-corrected chi connectivity index (χ4v) is 0.802. The van der Waals surface area contributed by atoms with Gasteiger partial charge in [0, 0.05) is 5.92 Å². The summed E-state index contributed by atoms with van der Waals surface area (Å²) in [6.45, 7) is 3.66. The predicted molar refractivity (Wildman–Crippen MR) is 43.3 cm³/mol. The number of carbonyl (C=O) groups is 2. The van der Waals surface area contributed by atoms with E-state index >= 15 is 0 Å². The van der Waals surface area contributed by atoms with Crippen molar-refractivity contribution in [2.75, 3.05) is 5.33 Å². The fraction of sp³-hybridized carbons (Fsp3) is 0.714. The molecule has 0 aromatic rings. The molecule has 0 aromatic carbocycles. The third kappa shape index (κ3) is 2.60. The third-order valence-corrected chi connectivity index (χ3v) is 1.97. The second kappa shape index (κ2) is 4.61. The van der Waals surface area contributed by atoms with Crippen LogP contribution in [-0.4, -0.2) is 16.9 Å². The van der Waals surface area contributed by atoms with Crippen LogP contribution in [0, 0.1) is 5.92 Å². The molecule has 58 valence electrons. The average Bonchev–Trinajstić information content (AvgIpc) is 2.00. The zero-order chi connectivity index (χ0) is 8.15. The Balaban J connectivity index is 3.95. The van der Waals surface area contributed by atoms with Gasteiger partial charge in [-0.2, -0.15) is 0 Å². The molecular weight excluding hydrogens is 196 g/mol. The molecule has 0 spiro atoms. The van der Waals surface area contributed by atoms with Crippen LogP contribution in [0.1, 0.15) is 20.3 Å². The van der Waals surface area contributed by atoms with E-state index in [9.17, 15) is 9.59 Å². The summed E-state index contributed by atoms with van der Waals surface area (Å²) in [7, 11) is 0. The van der Waals surface area contributed by atoms with Crippen LogP contribution in [0.15, 0.2) is 0 Å². The van der Waals surface area contributed by atoms with Gasteiger partial charge in [-0.25, -0.2) is 0 Å². The molecule has 10 heavy (non-hydrogen) atoms. The number of alkyl halides is 1. The van der Waals surface area contributed by atoms with Gasteiger partial charge in [0.25, 0.3) is 0 Å². The van der Waals surface area contributed by atoms with Crippen molar-refractivity contribution in [2.45, 2.75) is 20.3 Å². The normalized spacial score (nSPS) is 12.7. The average molecular weight is 207 g/mol. The van der Waals surface area contributed by atoms with Gasteiger partial charge < -0.3 is 0 Å². The van der Waals surface area contributed by atoms with Crippen LogP contribution in [0.2, 0.25) is 0 Å². The van der Waals surface area contributed by atoms with Gasteiger partial charge in [-0.15, -0.1) is 0 Å². The van der Waals surface area contributed by atoms with Crippen LogP contribution in [0.5, 0.6) is 0 Å². The van der Waals surface area contributed by atoms with E-state index in [1.807, 2.05) is 6.92 Å². The Bertz CT molecular complexity index is 143. The monoisotopic (exact) mass is 206 g/mol. The topological polar surface area (TPSA) is 34.1 Å². The minimum atomic E-state index is -0.325. The van der Waals surface area contributed by atoms with Crippen molar-refractivity contribution in [3.63, 3.8) is 0 Å². The van der Waals surface area contributed by atoms with Crippen molar-refractivity contribution in [3.8, 4) is 0 Å². The second-order valence-corrected chi connectivity index (χ2v) is 2.79. The minimum absolute atomic E-state index is 0.120. The molecule has 1 atom stereocenters. The summed E-state index contributed by atoms with van der Waals surface area (Å²) in [6.07, 6.45) is 0.734. The first-order valence-electron chi connectivity index (χ1n) is 3.26. The van der Waals surface area contributed by atoms with Crippen LogP contribution < -0.4 is 0 Å². The Morgan fingerprint density at radius 2 is 2.00 bits per heavy atom. The van der Waals surface area contributed by atoms with Gasteiger partial charge in [-0.3, -0.25) is 9.59 Å². The van der Waals surface area contributed by atoms with Gasteiger partial charge >= 0.3 is 0 Å². The summed E-state index contributed by atoms with van der Waals surface area (Å²) in [4.78, 5) is 21.6. The van der Waals surface area contributed by atoms with E-state index in [0.29, 0.717) is 0 Å². The van der Waals surface area contributed by atoms with Crippen molar-refractivity contribution in [2.24, 2.45) is 5.92 Å².